The molecule has 0 aromatic carbocycles. The minimum atomic E-state index is -1.11. The predicted molar refractivity (Wildman–Crippen MR) is 69.0 cm³/mol. The van der Waals surface area contributed by atoms with E-state index < -0.39 is 18.0 Å². The fourth-order valence-corrected chi connectivity index (χ4v) is 1.26. The molecular formula is C11H15N5O4. The summed E-state index contributed by atoms with van der Waals surface area (Å²) in [5.74, 6) is -1.11. The summed E-state index contributed by atoms with van der Waals surface area (Å²) in [7, 11) is 0. The van der Waals surface area contributed by atoms with Gasteiger partial charge in [0.25, 0.3) is 0 Å². The van der Waals surface area contributed by atoms with Gasteiger partial charge in [-0.15, -0.1) is 0 Å². The van der Waals surface area contributed by atoms with Crippen molar-refractivity contribution in [3.8, 4) is 0 Å². The molecule has 9 nitrogen and oxygen atoms in total. The zero-order chi connectivity index (χ0) is 15.0. The van der Waals surface area contributed by atoms with Crippen LogP contribution in [-0.4, -0.2) is 41.2 Å². The molecule has 0 radical (unpaired) electrons. The summed E-state index contributed by atoms with van der Waals surface area (Å²) in [5.41, 5.74) is 5.46. The van der Waals surface area contributed by atoms with E-state index in [-0.39, 0.29) is 25.3 Å². The first-order valence-electron chi connectivity index (χ1n) is 5.72. The summed E-state index contributed by atoms with van der Waals surface area (Å²) >= 11 is 0. The van der Waals surface area contributed by atoms with Crippen LogP contribution in [0.5, 0.6) is 0 Å². The number of aromatic carboxylic acids is 1. The molecule has 1 rings (SSSR count). The van der Waals surface area contributed by atoms with Crippen molar-refractivity contribution in [1.29, 1.82) is 0 Å². The number of nitrogens with two attached hydrogens (primary N) is 1. The molecule has 0 unspecified atom stereocenters. The summed E-state index contributed by atoms with van der Waals surface area (Å²) in [6.07, 6.45) is 1.37. The minimum Gasteiger partial charge on any atom is -0.477 e. The fraction of sp³-hybridized carbons (Fsp3) is 0.273. The number of rotatable bonds is 6. The van der Waals surface area contributed by atoms with Gasteiger partial charge in [0.2, 0.25) is 0 Å². The molecule has 1 aromatic rings. The standard InChI is InChI=1S/C11H15N5O4/c12-10(19)13-3-4-14-11(20)16-6-7-1-2-8(9(17)18)15-5-7/h1-2,5H,3-4,6H2,(H,17,18)(H3,12,13,19)(H2,14,16,20). The van der Waals surface area contributed by atoms with Crippen LogP contribution in [0.4, 0.5) is 9.59 Å². The SMILES string of the molecule is NC(=O)NCCNC(=O)NCc1ccc(C(=O)O)nc1. The Labute approximate surface area is 114 Å². The van der Waals surface area contributed by atoms with E-state index in [1.54, 1.807) is 6.07 Å². The van der Waals surface area contributed by atoms with E-state index in [0.717, 1.165) is 0 Å². The second-order valence-electron chi connectivity index (χ2n) is 3.76. The van der Waals surface area contributed by atoms with Crippen molar-refractivity contribution < 1.29 is 19.5 Å². The maximum Gasteiger partial charge on any atom is 0.354 e. The largest absolute Gasteiger partial charge is 0.477 e. The van der Waals surface area contributed by atoms with E-state index in [9.17, 15) is 14.4 Å². The number of nitrogens with zero attached hydrogens (tertiary/aromatic N) is 1. The number of hydrogen-bond acceptors (Lipinski definition) is 4. The van der Waals surface area contributed by atoms with Gasteiger partial charge in [-0.05, 0) is 11.6 Å². The van der Waals surface area contributed by atoms with E-state index in [0.29, 0.717) is 5.56 Å². The Hall–Kier alpha value is -2.84. The molecule has 0 aliphatic rings. The lowest BCUT2D eigenvalue weighted by molar-refractivity contribution is 0.0690. The molecule has 6 N–H and O–H groups in total. The Morgan fingerprint density at radius 1 is 1.15 bits per heavy atom. The van der Waals surface area contributed by atoms with Gasteiger partial charge in [-0.1, -0.05) is 6.07 Å². The topological polar surface area (TPSA) is 146 Å². The average molecular weight is 281 g/mol. The highest BCUT2D eigenvalue weighted by molar-refractivity contribution is 5.85. The van der Waals surface area contributed by atoms with Crippen molar-refractivity contribution >= 4 is 18.0 Å². The van der Waals surface area contributed by atoms with Crippen LogP contribution in [-0.2, 0) is 6.54 Å². The summed E-state index contributed by atoms with van der Waals surface area (Å²) in [5, 5.41) is 16.1. The predicted octanol–water partition coefficient (Wildman–Crippen LogP) is -0.753. The number of carbonyl (C=O) groups excluding carboxylic acids is 2. The Morgan fingerprint density at radius 3 is 2.40 bits per heavy atom. The lowest BCUT2D eigenvalue weighted by Crippen LogP contribution is -2.41. The number of aromatic nitrogens is 1. The van der Waals surface area contributed by atoms with E-state index in [4.69, 9.17) is 10.8 Å². The van der Waals surface area contributed by atoms with Gasteiger partial charge in [0, 0.05) is 25.8 Å². The Bertz CT molecular complexity index is 488. The molecule has 0 aliphatic carbocycles. The zero-order valence-electron chi connectivity index (χ0n) is 10.5. The monoisotopic (exact) mass is 281 g/mol. The Kier molecular flexibility index (Phi) is 5.75. The van der Waals surface area contributed by atoms with Crippen molar-refractivity contribution in [3.63, 3.8) is 0 Å². The molecule has 0 aliphatic heterocycles. The molecule has 20 heavy (non-hydrogen) atoms. The second kappa shape index (κ2) is 7.56. The molecule has 1 heterocycles. The Morgan fingerprint density at radius 2 is 1.85 bits per heavy atom. The number of carboxylic acids is 1. The Balaban J connectivity index is 2.26. The lowest BCUT2D eigenvalue weighted by atomic mass is 10.2. The number of hydrogen-bond donors (Lipinski definition) is 5. The number of pyridine rings is 1. The average Bonchev–Trinajstić information content (AvgIpc) is 2.41. The van der Waals surface area contributed by atoms with Crippen LogP contribution < -0.4 is 21.7 Å². The molecule has 0 atom stereocenters. The first-order chi connectivity index (χ1) is 9.49. The third kappa shape index (κ3) is 5.67. The quantitative estimate of drug-likeness (QED) is 0.435. The van der Waals surface area contributed by atoms with Crippen LogP contribution >= 0.6 is 0 Å². The molecule has 1 aromatic heterocycles. The smallest absolute Gasteiger partial charge is 0.354 e. The number of primary amides is 1. The summed E-state index contributed by atoms with van der Waals surface area (Å²) < 4.78 is 0. The maximum atomic E-state index is 11.4. The molecule has 0 spiro atoms. The van der Waals surface area contributed by atoms with Crippen LogP contribution in [0.2, 0.25) is 0 Å². The number of carboxylic acid groups (broad SMARTS) is 1. The highest BCUT2D eigenvalue weighted by Crippen LogP contribution is 1.99. The number of urea groups is 2. The summed E-state index contributed by atoms with van der Waals surface area (Å²) in [6.45, 7) is 0.685. The number of amides is 4. The van der Waals surface area contributed by atoms with Gasteiger partial charge in [-0.2, -0.15) is 0 Å². The van der Waals surface area contributed by atoms with Crippen molar-refractivity contribution in [2.24, 2.45) is 5.73 Å². The van der Waals surface area contributed by atoms with E-state index in [1.807, 2.05) is 0 Å². The lowest BCUT2D eigenvalue weighted by Gasteiger charge is -2.07. The highest BCUT2D eigenvalue weighted by Gasteiger charge is 2.04. The molecular weight excluding hydrogens is 266 g/mol. The van der Waals surface area contributed by atoms with Gasteiger partial charge >= 0.3 is 18.0 Å². The van der Waals surface area contributed by atoms with E-state index >= 15 is 0 Å². The molecule has 0 fully saturated rings. The first-order valence-corrected chi connectivity index (χ1v) is 5.72. The van der Waals surface area contributed by atoms with Gasteiger partial charge in [0.05, 0.1) is 0 Å². The van der Waals surface area contributed by atoms with Crippen LogP contribution in [0, 0.1) is 0 Å². The van der Waals surface area contributed by atoms with Gasteiger partial charge in [-0.3, -0.25) is 0 Å². The third-order valence-electron chi connectivity index (χ3n) is 2.21. The normalized spacial score (nSPS) is 9.60. The summed E-state index contributed by atoms with van der Waals surface area (Å²) in [4.78, 5) is 36.0. The molecule has 0 saturated heterocycles. The van der Waals surface area contributed by atoms with Crippen LogP contribution in [0.3, 0.4) is 0 Å². The summed E-state index contributed by atoms with van der Waals surface area (Å²) in [6, 6.07) is 1.84. The molecule has 108 valence electrons. The molecule has 0 bridgehead atoms. The molecule has 4 amide bonds. The van der Waals surface area contributed by atoms with E-state index in [1.165, 1.54) is 12.3 Å². The number of carbonyl (C=O) groups is 3. The minimum absolute atomic E-state index is 0.0595. The van der Waals surface area contributed by atoms with Gasteiger partial charge < -0.3 is 26.8 Å². The van der Waals surface area contributed by atoms with Crippen molar-refractivity contribution in [1.82, 2.24) is 20.9 Å². The third-order valence-corrected chi connectivity index (χ3v) is 2.21. The number of nitrogens with one attached hydrogen (secondary N) is 3. The maximum absolute atomic E-state index is 11.4. The fourth-order valence-electron chi connectivity index (χ4n) is 1.26. The molecule has 9 heteroatoms. The van der Waals surface area contributed by atoms with Gasteiger partial charge in [-0.25, -0.2) is 19.4 Å². The van der Waals surface area contributed by atoms with Crippen molar-refractivity contribution in [2.45, 2.75) is 6.54 Å². The van der Waals surface area contributed by atoms with Crippen LogP contribution in [0.15, 0.2) is 18.3 Å². The van der Waals surface area contributed by atoms with Crippen LogP contribution in [0.1, 0.15) is 16.1 Å². The van der Waals surface area contributed by atoms with Crippen molar-refractivity contribution in [2.75, 3.05) is 13.1 Å². The first kappa shape index (κ1) is 15.2. The highest BCUT2D eigenvalue weighted by atomic mass is 16.4. The molecule has 0 saturated carbocycles. The van der Waals surface area contributed by atoms with Gasteiger partial charge in [0.15, 0.2) is 0 Å². The second-order valence-corrected chi connectivity index (χ2v) is 3.76. The van der Waals surface area contributed by atoms with E-state index in [2.05, 4.69) is 20.9 Å². The zero-order valence-corrected chi connectivity index (χ0v) is 10.5. The van der Waals surface area contributed by atoms with Crippen molar-refractivity contribution in [3.05, 3.63) is 29.6 Å². The van der Waals surface area contributed by atoms with Crippen LogP contribution in [0.25, 0.3) is 0 Å². The van der Waals surface area contributed by atoms with Gasteiger partial charge in [0.1, 0.15) is 5.69 Å².